The van der Waals surface area contributed by atoms with Crippen LogP contribution in [0.15, 0.2) is 59.3 Å². The van der Waals surface area contributed by atoms with Crippen LogP contribution in [-0.4, -0.2) is 4.98 Å². The molecular formula is C16H12BrClN2. The molecule has 0 spiro atoms. The lowest BCUT2D eigenvalue weighted by atomic mass is 10.1. The van der Waals surface area contributed by atoms with Gasteiger partial charge in [0.2, 0.25) is 0 Å². The second kappa shape index (κ2) is 5.81. The van der Waals surface area contributed by atoms with Crippen molar-refractivity contribution < 1.29 is 0 Å². The maximum absolute atomic E-state index is 5.94. The second-order valence-electron chi connectivity index (χ2n) is 4.53. The van der Waals surface area contributed by atoms with E-state index < -0.39 is 0 Å². The largest absolute Gasteiger partial charge is 0.380 e. The van der Waals surface area contributed by atoms with Crippen molar-refractivity contribution in [1.29, 1.82) is 0 Å². The molecule has 0 saturated carbocycles. The van der Waals surface area contributed by atoms with E-state index in [-0.39, 0.29) is 0 Å². The van der Waals surface area contributed by atoms with Crippen LogP contribution in [0.4, 0.5) is 5.69 Å². The number of nitrogens with one attached hydrogen (secondary N) is 1. The van der Waals surface area contributed by atoms with Crippen molar-refractivity contribution in [2.24, 2.45) is 0 Å². The van der Waals surface area contributed by atoms with Gasteiger partial charge < -0.3 is 5.32 Å². The molecule has 1 N–H and O–H groups in total. The fourth-order valence-corrected chi connectivity index (χ4v) is 2.90. The smallest absolute Gasteiger partial charge is 0.0488 e. The van der Waals surface area contributed by atoms with Crippen LogP contribution in [0.25, 0.3) is 10.8 Å². The molecule has 0 atom stereocenters. The number of hydrogen-bond donors (Lipinski definition) is 1. The van der Waals surface area contributed by atoms with Gasteiger partial charge in [-0.05, 0) is 57.2 Å². The van der Waals surface area contributed by atoms with Crippen LogP contribution in [-0.2, 0) is 6.54 Å². The third-order valence-corrected chi connectivity index (χ3v) is 4.01. The van der Waals surface area contributed by atoms with Crippen LogP contribution >= 0.6 is 27.5 Å². The zero-order valence-electron chi connectivity index (χ0n) is 10.6. The standard InChI is InChI=1S/C16H12BrClN2/c17-15-8-14(18)3-4-16(15)20-9-11-1-2-13-10-19-6-5-12(13)7-11/h1-8,10,20H,9H2. The lowest BCUT2D eigenvalue weighted by Gasteiger charge is -2.09. The molecule has 0 amide bonds. The van der Waals surface area contributed by atoms with Gasteiger partial charge in [-0.2, -0.15) is 0 Å². The number of fused-ring (bicyclic) bond motifs is 1. The van der Waals surface area contributed by atoms with E-state index in [2.05, 4.69) is 44.4 Å². The first-order chi connectivity index (χ1) is 9.72. The summed E-state index contributed by atoms with van der Waals surface area (Å²) in [6.45, 7) is 0.762. The molecule has 0 aliphatic carbocycles. The molecular weight excluding hydrogens is 336 g/mol. The molecule has 0 unspecified atom stereocenters. The van der Waals surface area contributed by atoms with Crippen molar-refractivity contribution in [3.63, 3.8) is 0 Å². The first-order valence-electron chi connectivity index (χ1n) is 6.24. The van der Waals surface area contributed by atoms with Gasteiger partial charge in [-0.15, -0.1) is 0 Å². The average Bonchev–Trinajstić information content (AvgIpc) is 2.46. The highest BCUT2D eigenvalue weighted by molar-refractivity contribution is 9.10. The number of anilines is 1. The maximum atomic E-state index is 5.94. The molecule has 1 aromatic heterocycles. The summed E-state index contributed by atoms with van der Waals surface area (Å²) in [5.41, 5.74) is 2.26. The first kappa shape index (κ1) is 13.4. The van der Waals surface area contributed by atoms with Crippen LogP contribution in [0, 0.1) is 0 Å². The molecule has 0 bridgehead atoms. The highest BCUT2D eigenvalue weighted by Crippen LogP contribution is 2.26. The normalized spacial score (nSPS) is 10.7. The van der Waals surface area contributed by atoms with E-state index in [1.54, 1.807) is 0 Å². The third kappa shape index (κ3) is 2.94. The number of aromatic nitrogens is 1. The molecule has 0 aliphatic rings. The molecule has 4 heteroatoms. The Kier molecular flexibility index (Phi) is 3.90. The van der Waals surface area contributed by atoms with Crippen molar-refractivity contribution in [2.75, 3.05) is 5.32 Å². The van der Waals surface area contributed by atoms with E-state index >= 15 is 0 Å². The highest BCUT2D eigenvalue weighted by Gasteiger charge is 2.01. The predicted molar refractivity (Wildman–Crippen MR) is 88.2 cm³/mol. The van der Waals surface area contributed by atoms with E-state index in [0.29, 0.717) is 0 Å². The minimum atomic E-state index is 0.723. The molecule has 2 aromatic carbocycles. The van der Waals surface area contributed by atoms with Gasteiger partial charge in [-0.1, -0.05) is 23.7 Å². The lowest BCUT2D eigenvalue weighted by Crippen LogP contribution is -1.99. The number of halogens is 2. The van der Waals surface area contributed by atoms with Gasteiger partial charge in [0.25, 0.3) is 0 Å². The summed E-state index contributed by atoms with van der Waals surface area (Å²) in [7, 11) is 0. The SMILES string of the molecule is Clc1ccc(NCc2ccc3cnccc3c2)c(Br)c1. The third-order valence-electron chi connectivity index (χ3n) is 3.12. The van der Waals surface area contributed by atoms with Gasteiger partial charge in [0.15, 0.2) is 0 Å². The molecule has 20 heavy (non-hydrogen) atoms. The Morgan fingerprint density at radius 1 is 1.05 bits per heavy atom. The van der Waals surface area contributed by atoms with Gasteiger partial charge in [-0.3, -0.25) is 4.98 Å². The average molecular weight is 348 g/mol. The quantitative estimate of drug-likeness (QED) is 0.699. The predicted octanol–water partition coefficient (Wildman–Crippen LogP) is 5.26. The maximum Gasteiger partial charge on any atom is 0.0488 e. The zero-order valence-corrected chi connectivity index (χ0v) is 12.9. The summed E-state index contributed by atoms with van der Waals surface area (Å²) >= 11 is 9.44. The summed E-state index contributed by atoms with van der Waals surface area (Å²) in [6, 6.07) is 14.1. The summed E-state index contributed by atoms with van der Waals surface area (Å²) in [6.07, 6.45) is 3.69. The van der Waals surface area contributed by atoms with E-state index in [9.17, 15) is 0 Å². The topological polar surface area (TPSA) is 24.9 Å². The van der Waals surface area contributed by atoms with Crippen molar-refractivity contribution in [2.45, 2.75) is 6.54 Å². The molecule has 1 heterocycles. The lowest BCUT2D eigenvalue weighted by molar-refractivity contribution is 1.15. The molecule has 0 radical (unpaired) electrons. The molecule has 2 nitrogen and oxygen atoms in total. The number of benzene rings is 2. The first-order valence-corrected chi connectivity index (χ1v) is 7.41. The van der Waals surface area contributed by atoms with Crippen molar-refractivity contribution in [3.8, 4) is 0 Å². The molecule has 0 saturated heterocycles. The van der Waals surface area contributed by atoms with Crippen molar-refractivity contribution in [3.05, 3.63) is 69.9 Å². The number of pyridine rings is 1. The monoisotopic (exact) mass is 346 g/mol. The fraction of sp³-hybridized carbons (Fsp3) is 0.0625. The number of rotatable bonds is 3. The highest BCUT2D eigenvalue weighted by atomic mass is 79.9. The summed E-state index contributed by atoms with van der Waals surface area (Å²) in [4.78, 5) is 4.12. The van der Waals surface area contributed by atoms with E-state index in [4.69, 9.17) is 11.6 Å². The minimum Gasteiger partial charge on any atom is -0.380 e. The zero-order chi connectivity index (χ0) is 13.9. The number of hydrogen-bond acceptors (Lipinski definition) is 2. The molecule has 3 aromatic rings. The number of nitrogens with zero attached hydrogens (tertiary/aromatic N) is 1. The van der Waals surface area contributed by atoms with Crippen molar-refractivity contribution >= 4 is 44.0 Å². The Morgan fingerprint density at radius 2 is 1.95 bits per heavy atom. The van der Waals surface area contributed by atoms with E-state index in [0.717, 1.165) is 27.1 Å². The van der Waals surface area contributed by atoms with E-state index in [1.165, 1.54) is 10.9 Å². The minimum absolute atomic E-state index is 0.723. The second-order valence-corrected chi connectivity index (χ2v) is 5.83. The van der Waals surface area contributed by atoms with Gasteiger partial charge >= 0.3 is 0 Å². The Bertz CT molecular complexity index is 758. The molecule has 0 fully saturated rings. The van der Waals surface area contributed by atoms with Crippen LogP contribution in [0.5, 0.6) is 0 Å². The molecule has 3 rings (SSSR count). The van der Waals surface area contributed by atoms with Crippen LogP contribution in [0.3, 0.4) is 0 Å². The van der Waals surface area contributed by atoms with Gasteiger partial charge in [0, 0.05) is 39.5 Å². The summed E-state index contributed by atoms with van der Waals surface area (Å²) in [5.74, 6) is 0. The van der Waals surface area contributed by atoms with Gasteiger partial charge in [-0.25, -0.2) is 0 Å². The van der Waals surface area contributed by atoms with Crippen LogP contribution < -0.4 is 5.32 Å². The molecule has 100 valence electrons. The van der Waals surface area contributed by atoms with E-state index in [1.807, 2.05) is 36.7 Å². The van der Waals surface area contributed by atoms with Gasteiger partial charge in [0.05, 0.1) is 0 Å². The Hall–Kier alpha value is -1.58. The molecule has 0 aliphatic heterocycles. The Morgan fingerprint density at radius 3 is 2.80 bits per heavy atom. The fourth-order valence-electron chi connectivity index (χ4n) is 2.07. The summed E-state index contributed by atoms with van der Waals surface area (Å²) < 4.78 is 0.968. The van der Waals surface area contributed by atoms with Crippen LogP contribution in [0.2, 0.25) is 5.02 Å². The Labute approximate surface area is 130 Å². The van der Waals surface area contributed by atoms with Crippen LogP contribution in [0.1, 0.15) is 5.56 Å². The van der Waals surface area contributed by atoms with Gasteiger partial charge in [0.1, 0.15) is 0 Å². The van der Waals surface area contributed by atoms with Crippen molar-refractivity contribution in [1.82, 2.24) is 4.98 Å². The summed E-state index contributed by atoms with van der Waals surface area (Å²) in [5, 5.41) is 6.48. The Balaban J connectivity index is 1.79.